The van der Waals surface area contributed by atoms with Crippen molar-refractivity contribution in [3.8, 4) is 0 Å². The number of carbonyl (C=O) groups is 1. The van der Waals surface area contributed by atoms with Crippen LogP contribution in [0.2, 0.25) is 0 Å². The van der Waals surface area contributed by atoms with Crippen LogP contribution in [-0.4, -0.2) is 48.9 Å². The van der Waals surface area contributed by atoms with Gasteiger partial charge in [-0.05, 0) is 57.6 Å². The summed E-state index contributed by atoms with van der Waals surface area (Å²) in [6.07, 6.45) is 8.54. The van der Waals surface area contributed by atoms with Gasteiger partial charge in [-0.1, -0.05) is 23.4 Å². The maximum atomic E-state index is 12.4. The Morgan fingerprint density at radius 1 is 1.27 bits per heavy atom. The van der Waals surface area contributed by atoms with Gasteiger partial charge < -0.3 is 15.5 Å². The van der Waals surface area contributed by atoms with Crippen LogP contribution in [0.4, 0.5) is 10.5 Å². The molecule has 140 valence electrons. The molecule has 1 aromatic rings. The summed E-state index contributed by atoms with van der Waals surface area (Å²) in [5.41, 5.74) is 7.51. The summed E-state index contributed by atoms with van der Waals surface area (Å²) in [4.78, 5) is 22.0. The number of para-hydroxylation sites is 1. The third kappa shape index (κ3) is 3.56. The fourth-order valence-electron chi connectivity index (χ4n) is 4.43. The summed E-state index contributed by atoms with van der Waals surface area (Å²) in [5, 5.41) is 4.11. The third-order valence-corrected chi connectivity index (χ3v) is 6.15. The number of nitrogens with zero attached hydrogens (tertiary/aromatic N) is 3. The topological polar surface area (TPSA) is 71.2 Å². The van der Waals surface area contributed by atoms with Gasteiger partial charge in [0.05, 0.1) is 11.9 Å². The SMILES string of the molecule is CN1[C@@H]2CC[C@H]1CC(N(C(N)=O)c1ccccc1/C=N/OCC1CC1)C2. The Hall–Kier alpha value is -2.08. The van der Waals surface area contributed by atoms with Crippen molar-refractivity contribution in [3.05, 3.63) is 29.8 Å². The van der Waals surface area contributed by atoms with Crippen LogP contribution < -0.4 is 10.6 Å². The molecule has 2 N–H and O–H groups in total. The lowest BCUT2D eigenvalue weighted by Crippen LogP contribution is -2.52. The Morgan fingerprint density at radius 3 is 2.62 bits per heavy atom. The molecule has 6 nitrogen and oxygen atoms in total. The van der Waals surface area contributed by atoms with Crippen molar-refractivity contribution in [3.63, 3.8) is 0 Å². The van der Waals surface area contributed by atoms with Crippen LogP contribution in [0.15, 0.2) is 29.4 Å². The Kier molecular flexibility index (Phi) is 4.85. The summed E-state index contributed by atoms with van der Waals surface area (Å²) in [7, 11) is 2.20. The number of hydrogen-bond acceptors (Lipinski definition) is 4. The van der Waals surface area contributed by atoms with Gasteiger partial charge >= 0.3 is 6.03 Å². The van der Waals surface area contributed by atoms with Crippen molar-refractivity contribution >= 4 is 17.9 Å². The molecule has 2 aliphatic heterocycles. The minimum atomic E-state index is -0.390. The monoisotopic (exact) mass is 356 g/mol. The molecule has 0 aromatic heterocycles. The van der Waals surface area contributed by atoms with Crippen LogP contribution in [0, 0.1) is 5.92 Å². The number of piperidine rings is 1. The minimum absolute atomic E-state index is 0.142. The largest absolute Gasteiger partial charge is 0.396 e. The summed E-state index contributed by atoms with van der Waals surface area (Å²) in [6.45, 7) is 0.677. The number of oxime groups is 1. The van der Waals surface area contributed by atoms with Gasteiger partial charge in [0.25, 0.3) is 0 Å². The number of hydrogen-bond donors (Lipinski definition) is 1. The Morgan fingerprint density at radius 2 is 1.96 bits per heavy atom. The van der Waals surface area contributed by atoms with E-state index >= 15 is 0 Å². The lowest BCUT2D eigenvalue weighted by molar-refractivity contribution is 0.135. The number of carbonyl (C=O) groups excluding carboxylic acids is 1. The van der Waals surface area contributed by atoms with Crippen molar-refractivity contribution in [2.75, 3.05) is 18.6 Å². The van der Waals surface area contributed by atoms with Crippen LogP contribution in [0.5, 0.6) is 0 Å². The molecule has 1 saturated carbocycles. The summed E-state index contributed by atoms with van der Waals surface area (Å²) >= 11 is 0. The third-order valence-electron chi connectivity index (χ3n) is 6.15. The number of benzene rings is 1. The van der Waals surface area contributed by atoms with Crippen LogP contribution >= 0.6 is 0 Å². The smallest absolute Gasteiger partial charge is 0.319 e. The van der Waals surface area contributed by atoms with Crippen LogP contribution in [0.1, 0.15) is 44.1 Å². The highest BCUT2D eigenvalue weighted by Crippen LogP contribution is 2.38. The number of amides is 2. The van der Waals surface area contributed by atoms with Crippen molar-refractivity contribution in [2.24, 2.45) is 16.8 Å². The predicted molar refractivity (Wildman–Crippen MR) is 102 cm³/mol. The molecule has 3 aliphatic rings. The van der Waals surface area contributed by atoms with Gasteiger partial charge in [0.15, 0.2) is 0 Å². The average molecular weight is 356 g/mol. The first kappa shape index (κ1) is 17.3. The first-order chi connectivity index (χ1) is 12.6. The lowest BCUT2D eigenvalue weighted by atomic mass is 9.95. The molecule has 4 rings (SSSR count). The molecular weight excluding hydrogens is 328 g/mol. The molecule has 0 radical (unpaired) electrons. The minimum Gasteiger partial charge on any atom is -0.396 e. The molecular formula is C20H28N4O2. The summed E-state index contributed by atoms with van der Waals surface area (Å²) < 4.78 is 0. The van der Waals surface area contributed by atoms with Crippen molar-refractivity contribution < 1.29 is 9.63 Å². The number of nitrogens with two attached hydrogens (primary N) is 1. The molecule has 2 saturated heterocycles. The van der Waals surface area contributed by atoms with E-state index in [-0.39, 0.29) is 6.04 Å². The molecule has 2 amide bonds. The second-order valence-electron chi connectivity index (χ2n) is 7.92. The molecule has 1 aromatic carbocycles. The van der Waals surface area contributed by atoms with Crippen LogP contribution in [-0.2, 0) is 4.84 Å². The van der Waals surface area contributed by atoms with E-state index in [4.69, 9.17) is 10.6 Å². The van der Waals surface area contributed by atoms with E-state index in [0.717, 1.165) is 24.1 Å². The van der Waals surface area contributed by atoms with Crippen molar-refractivity contribution in [1.29, 1.82) is 0 Å². The number of anilines is 1. The summed E-state index contributed by atoms with van der Waals surface area (Å²) in [6, 6.07) is 8.64. The average Bonchev–Trinajstić information content (AvgIpc) is 3.42. The highest BCUT2D eigenvalue weighted by atomic mass is 16.6. The molecule has 26 heavy (non-hydrogen) atoms. The number of fused-ring (bicyclic) bond motifs is 2. The predicted octanol–water partition coefficient (Wildman–Crippen LogP) is 2.96. The van der Waals surface area contributed by atoms with E-state index in [2.05, 4.69) is 17.1 Å². The lowest BCUT2D eigenvalue weighted by Gasteiger charge is -2.41. The van der Waals surface area contributed by atoms with E-state index in [9.17, 15) is 4.79 Å². The highest BCUT2D eigenvalue weighted by Gasteiger charge is 2.41. The molecule has 1 aliphatic carbocycles. The van der Waals surface area contributed by atoms with Gasteiger partial charge in [0.2, 0.25) is 0 Å². The second-order valence-corrected chi connectivity index (χ2v) is 7.92. The first-order valence-corrected chi connectivity index (χ1v) is 9.68. The Bertz CT molecular complexity index is 674. The van der Waals surface area contributed by atoms with E-state index < -0.39 is 6.03 Å². The fraction of sp³-hybridized carbons (Fsp3) is 0.600. The Labute approximate surface area is 155 Å². The number of primary amides is 1. The van der Waals surface area contributed by atoms with E-state index in [0.29, 0.717) is 24.6 Å². The normalized spacial score (nSPS) is 28.4. The van der Waals surface area contributed by atoms with Crippen molar-refractivity contribution in [2.45, 2.75) is 56.7 Å². The van der Waals surface area contributed by atoms with Gasteiger partial charge in [-0.2, -0.15) is 0 Å². The maximum Gasteiger partial charge on any atom is 0.319 e. The zero-order valence-corrected chi connectivity index (χ0v) is 15.4. The standard InChI is InChI=1S/C20H28N4O2/c1-23-16-8-9-17(23)11-18(10-16)24(20(21)25)19-5-3-2-4-15(19)12-22-26-13-14-6-7-14/h2-5,12,14,16-18H,6-11,13H2,1H3,(H2,21,25)/b22-12+/t16-,17+,18?. The van der Waals surface area contributed by atoms with Crippen LogP contribution in [0.25, 0.3) is 0 Å². The zero-order chi connectivity index (χ0) is 18.1. The molecule has 0 spiro atoms. The van der Waals surface area contributed by atoms with Crippen molar-refractivity contribution in [1.82, 2.24) is 4.90 Å². The molecule has 3 fully saturated rings. The fourth-order valence-corrected chi connectivity index (χ4v) is 4.43. The number of rotatable bonds is 6. The molecule has 1 unspecified atom stereocenters. The molecule has 6 heteroatoms. The highest BCUT2D eigenvalue weighted by molar-refractivity contribution is 5.98. The first-order valence-electron chi connectivity index (χ1n) is 9.68. The molecule has 2 bridgehead atoms. The summed E-state index contributed by atoms with van der Waals surface area (Å²) in [5.74, 6) is 0.666. The molecule has 3 atom stereocenters. The van der Waals surface area contributed by atoms with Crippen LogP contribution in [0.3, 0.4) is 0 Å². The van der Waals surface area contributed by atoms with Gasteiger partial charge in [0, 0.05) is 23.7 Å². The maximum absolute atomic E-state index is 12.4. The van der Waals surface area contributed by atoms with Gasteiger partial charge in [0.1, 0.15) is 6.61 Å². The van der Waals surface area contributed by atoms with Gasteiger partial charge in [-0.3, -0.25) is 4.90 Å². The Balaban J connectivity index is 1.54. The zero-order valence-electron chi connectivity index (χ0n) is 15.4. The van der Waals surface area contributed by atoms with E-state index in [1.54, 1.807) is 11.1 Å². The van der Waals surface area contributed by atoms with Gasteiger partial charge in [-0.15, -0.1) is 0 Å². The number of urea groups is 1. The van der Waals surface area contributed by atoms with E-state index in [1.807, 2.05) is 24.3 Å². The van der Waals surface area contributed by atoms with Gasteiger partial charge in [-0.25, -0.2) is 4.79 Å². The second kappa shape index (κ2) is 7.27. The van der Waals surface area contributed by atoms with E-state index in [1.165, 1.54) is 25.7 Å². The molecule has 2 heterocycles. The quantitative estimate of drug-likeness (QED) is 0.629.